The Morgan fingerprint density at radius 3 is 2.68 bits per heavy atom. The Morgan fingerprint density at radius 1 is 1.24 bits per heavy atom. The third-order valence-corrected chi connectivity index (χ3v) is 3.79. The van der Waals surface area contributed by atoms with E-state index in [0.29, 0.717) is 0 Å². The molecule has 1 aromatic heterocycles. The molecule has 1 unspecified atom stereocenters. The molecular formula is C19H30N6. The van der Waals surface area contributed by atoms with Gasteiger partial charge in [-0.1, -0.05) is 12.1 Å². The first kappa shape index (κ1) is 19.0. The van der Waals surface area contributed by atoms with Gasteiger partial charge in [-0.2, -0.15) is 5.10 Å². The smallest absolute Gasteiger partial charge is 0.191 e. The number of rotatable bonds is 6. The van der Waals surface area contributed by atoms with Crippen molar-refractivity contribution in [3.05, 3.63) is 48.3 Å². The van der Waals surface area contributed by atoms with Crippen molar-refractivity contribution in [1.29, 1.82) is 0 Å². The van der Waals surface area contributed by atoms with Crippen LogP contribution in [-0.2, 0) is 0 Å². The Morgan fingerprint density at radius 2 is 2.04 bits per heavy atom. The van der Waals surface area contributed by atoms with Gasteiger partial charge in [0.15, 0.2) is 5.96 Å². The minimum atomic E-state index is 0.124. The van der Waals surface area contributed by atoms with Crippen LogP contribution in [0, 0.1) is 0 Å². The van der Waals surface area contributed by atoms with Crippen LogP contribution < -0.4 is 16.0 Å². The van der Waals surface area contributed by atoms with Crippen LogP contribution in [0.3, 0.4) is 0 Å². The fourth-order valence-corrected chi connectivity index (χ4v) is 2.46. The summed E-state index contributed by atoms with van der Waals surface area (Å²) < 4.78 is 1.86. The van der Waals surface area contributed by atoms with E-state index in [1.807, 2.05) is 23.0 Å². The molecule has 0 aliphatic rings. The minimum Gasteiger partial charge on any atom is -0.355 e. The number of hydrogen-bond donors (Lipinski definition) is 3. The lowest BCUT2D eigenvalue weighted by Gasteiger charge is -2.22. The predicted octanol–water partition coefficient (Wildman–Crippen LogP) is 2.49. The molecule has 0 fully saturated rings. The van der Waals surface area contributed by atoms with Crippen molar-refractivity contribution in [2.45, 2.75) is 39.3 Å². The van der Waals surface area contributed by atoms with Crippen molar-refractivity contribution < 1.29 is 0 Å². The SMILES string of the molecule is CN=C(NCCNC(C)(C)C)NC(C)c1cccc(-n2cccn2)c1. The average Bonchev–Trinajstić information content (AvgIpc) is 3.11. The summed E-state index contributed by atoms with van der Waals surface area (Å²) >= 11 is 0. The van der Waals surface area contributed by atoms with Crippen LogP contribution >= 0.6 is 0 Å². The first-order valence-electron chi connectivity index (χ1n) is 8.71. The molecular weight excluding hydrogens is 312 g/mol. The zero-order valence-corrected chi connectivity index (χ0v) is 15.9. The molecule has 0 saturated heterocycles. The van der Waals surface area contributed by atoms with Gasteiger partial charge in [0.2, 0.25) is 0 Å². The van der Waals surface area contributed by atoms with Crippen molar-refractivity contribution in [2.75, 3.05) is 20.1 Å². The first-order chi connectivity index (χ1) is 11.9. The van der Waals surface area contributed by atoms with Crippen LogP contribution in [0.5, 0.6) is 0 Å². The lowest BCUT2D eigenvalue weighted by molar-refractivity contribution is 0.428. The number of guanidine groups is 1. The molecule has 0 amide bonds. The maximum Gasteiger partial charge on any atom is 0.191 e. The molecule has 0 bridgehead atoms. The summed E-state index contributed by atoms with van der Waals surface area (Å²) in [4.78, 5) is 4.31. The number of hydrogen-bond acceptors (Lipinski definition) is 3. The highest BCUT2D eigenvalue weighted by Crippen LogP contribution is 2.16. The summed E-state index contributed by atoms with van der Waals surface area (Å²) in [5.41, 5.74) is 2.36. The number of aliphatic imine (C=N–C) groups is 1. The van der Waals surface area contributed by atoms with Crippen LogP contribution in [0.4, 0.5) is 0 Å². The summed E-state index contributed by atoms with van der Waals surface area (Å²) in [5.74, 6) is 0.799. The highest BCUT2D eigenvalue weighted by molar-refractivity contribution is 5.80. The molecule has 0 saturated carbocycles. The summed E-state index contributed by atoms with van der Waals surface area (Å²) in [6.07, 6.45) is 3.73. The van der Waals surface area contributed by atoms with E-state index in [2.05, 4.69) is 71.9 Å². The van der Waals surface area contributed by atoms with E-state index in [-0.39, 0.29) is 11.6 Å². The van der Waals surface area contributed by atoms with Crippen LogP contribution in [0.2, 0.25) is 0 Å². The molecule has 2 rings (SSSR count). The van der Waals surface area contributed by atoms with Crippen molar-refractivity contribution in [3.63, 3.8) is 0 Å². The normalized spacial score (nSPS) is 13.6. The minimum absolute atomic E-state index is 0.124. The molecule has 25 heavy (non-hydrogen) atoms. The lowest BCUT2D eigenvalue weighted by atomic mass is 10.1. The average molecular weight is 342 g/mol. The Hall–Kier alpha value is -2.34. The van der Waals surface area contributed by atoms with E-state index < -0.39 is 0 Å². The van der Waals surface area contributed by atoms with Gasteiger partial charge in [-0.05, 0) is 51.5 Å². The third kappa shape index (κ3) is 6.23. The van der Waals surface area contributed by atoms with Gasteiger partial charge in [0.1, 0.15) is 0 Å². The Balaban J connectivity index is 1.91. The lowest BCUT2D eigenvalue weighted by Crippen LogP contribution is -2.45. The number of nitrogens with zero attached hydrogens (tertiary/aromatic N) is 3. The standard InChI is InChI=1S/C19H30N6/c1-15(24-18(20-5)21-11-12-22-19(2,3)4)16-8-6-9-17(14-16)25-13-7-10-23-25/h6-10,13-15,22H,11-12H2,1-5H3,(H2,20,21,24). The Bertz CT molecular complexity index is 669. The summed E-state index contributed by atoms with van der Waals surface area (Å²) in [6.45, 7) is 10.3. The van der Waals surface area contributed by atoms with Gasteiger partial charge in [0.25, 0.3) is 0 Å². The molecule has 0 aliphatic carbocycles. The topological polar surface area (TPSA) is 66.3 Å². The van der Waals surface area contributed by atoms with Crippen LogP contribution in [0.15, 0.2) is 47.7 Å². The highest BCUT2D eigenvalue weighted by atomic mass is 15.3. The van der Waals surface area contributed by atoms with Gasteiger partial charge < -0.3 is 16.0 Å². The molecule has 136 valence electrons. The number of aromatic nitrogens is 2. The molecule has 1 heterocycles. The van der Waals surface area contributed by atoms with E-state index in [1.165, 1.54) is 5.56 Å². The van der Waals surface area contributed by atoms with Crippen LogP contribution in [0.25, 0.3) is 5.69 Å². The maximum absolute atomic E-state index is 4.31. The second-order valence-electron chi connectivity index (χ2n) is 7.09. The van der Waals surface area contributed by atoms with E-state index in [0.717, 1.165) is 24.7 Å². The second kappa shape index (κ2) is 8.67. The van der Waals surface area contributed by atoms with Gasteiger partial charge in [0.05, 0.1) is 11.7 Å². The van der Waals surface area contributed by atoms with Gasteiger partial charge in [-0.3, -0.25) is 4.99 Å². The van der Waals surface area contributed by atoms with Gasteiger partial charge >= 0.3 is 0 Å². The Kier molecular flexibility index (Phi) is 6.58. The van der Waals surface area contributed by atoms with E-state index >= 15 is 0 Å². The van der Waals surface area contributed by atoms with Gasteiger partial charge in [0, 0.05) is 38.1 Å². The van der Waals surface area contributed by atoms with E-state index in [1.54, 1.807) is 13.2 Å². The number of benzene rings is 1. The van der Waals surface area contributed by atoms with Crippen molar-refractivity contribution in [3.8, 4) is 5.69 Å². The highest BCUT2D eigenvalue weighted by Gasteiger charge is 2.10. The molecule has 6 nitrogen and oxygen atoms in total. The molecule has 1 atom stereocenters. The molecule has 2 aromatic rings. The van der Waals surface area contributed by atoms with Crippen molar-refractivity contribution in [1.82, 2.24) is 25.7 Å². The maximum atomic E-state index is 4.31. The van der Waals surface area contributed by atoms with Gasteiger partial charge in [-0.25, -0.2) is 4.68 Å². The Labute approximate surface area is 150 Å². The van der Waals surface area contributed by atoms with E-state index in [4.69, 9.17) is 0 Å². The third-order valence-electron chi connectivity index (χ3n) is 3.79. The van der Waals surface area contributed by atoms with Crippen molar-refractivity contribution in [2.24, 2.45) is 4.99 Å². The first-order valence-corrected chi connectivity index (χ1v) is 8.71. The van der Waals surface area contributed by atoms with Crippen LogP contribution in [-0.4, -0.2) is 41.4 Å². The number of nitrogens with one attached hydrogen (secondary N) is 3. The molecule has 3 N–H and O–H groups in total. The predicted molar refractivity (Wildman–Crippen MR) is 104 cm³/mol. The van der Waals surface area contributed by atoms with Gasteiger partial charge in [-0.15, -0.1) is 0 Å². The second-order valence-corrected chi connectivity index (χ2v) is 7.09. The fraction of sp³-hybridized carbons (Fsp3) is 0.474. The fourth-order valence-electron chi connectivity index (χ4n) is 2.46. The largest absolute Gasteiger partial charge is 0.355 e. The summed E-state index contributed by atoms with van der Waals surface area (Å²) in [5, 5.41) is 14.5. The quantitative estimate of drug-likeness (QED) is 0.429. The summed E-state index contributed by atoms with van der Waals surface area (Å²) in [6, 6.07) is 10.4. The summed E-state index contributed by atoms with van der Waals surface area (Å²) in [7, 11) is 1.79. The molecule has 0 radical (unpaired) electrons. The molecule has 0 aliphatic heterocycles. The molecule has 0 spiro atoms. The zero-order chi connectivity index (χ0) is 18.3. The monoisotopic (exact) mass is 342 g/mol. The van der Waals surface area contributed by atoms with E-state index in [9.17, 15) is 0 Å². The molecule has 1 aromatic carbocycles. The van der Waals surface area contributed by atoms with Crippen molar-refractivity contribution >= 4 is 5.96 Å². The molecule has 6 heteroatoms. The zero-order valence-electron chi connectivity index (χ0n) is 15.9. The van der Waals surface area contributed by atoms with Crippen LogP contribution in [0.1, 0.15) is 39.3 Å².